The summed E-state index contributed by atoms with van der Waals surface area (Å²) in [5, 5.41) is 0.832. The third-order valence-electron chi connectivity index (χ3n) is 6.05. The number of aryl methyl sites for hydroxylation is 2. The highest BCUT2D eigenvalue weighted by atomic mass is 32.1. The Morgan fingerprint density at radius 1 is 1.25 bits per heavy atom. The Kier molecular flexibility index (Phi) is 5.83. The highest BCUT2D eigenvalue weighted by molar-refractivity contribution is 7.18. The van der Waals surface area contributed by atoms with Gasteiger partial charge in [-0.1, -0.05) is 13.8 Å². The van der Waals surface area contributed by atoms with Crippen molar-refractivity contribution in [3.05, 3.63) is 26.6 Å². The number of nitrogens with zero attached hydrogens (tertiary/aromatic N) is 2. The van der Waals surface area contributed by atoms with Crippen LogP contribution in [-0.2, 0) is 24.2 Å². The number of fused-ring (bicyclic) bond motifs is 3. The maximum atomic E-state index is 12.7. The second-order valence-corrected chi connectivity index (χ2v) is 9.73. The van der Waals surface area contributed by atoms with Gasteiger partial charge >= 0.3 is 0 Å². The van der Waals surface area contributed by atoms with Gasteiger partial charge in [-0.25, -0.2) is 4.98 Å². The molecular weight excluding hydrogens is 372 g/mol. The third kappa shape index (κ3) is 4.15. The highest BCUT2D eigenvalue weighted by Gasteiger charge is 2.25. The molecule has 1 aliphatic carbocycles. The SMILES string of the molecule is CC(C)CCC(=O)N1CC[NH+](Cc2nc3sc4c(c3c(=O)[nH]2)CCCC4)CC1. The molecule has 1 saturated heterocycles. The predicted molar refractivity (Wildman–Crippen MR) is 112 cm³/mol. The molecule has 152 valence electrons. The second kappa shape index (κ2) is 8.33. The number of nitrogens with one attached hydrogen (secondary N) is 2. The van der Waals surface area contributed by atoms with Crippen LogP contribution in [0.2, 0.25) is 0 Å². The van der Waals surface area contributed by atoms with Gasteiger partial charge in [-0.05, 0) is 43.6 Å². The molecule has 1 amide bonds. The van der Waals surface area contributed by atoms with Gasteiger partial charge in [0, 0.05) is 11.3 Å². The zero-order valence-electron chi connectivity index (χ0n) is 17.0. The van der Waals surface area contributed by atoms with Crippen molar-refractivity contribution in [2.75, 3.05) is 26.2 Å². The summed E-state index contributed by atoms with van der Waals surface area (Å²) in [7, 11) is 0. The highest BCUT2D eigenvalue weighted by Crippen LogP contribution is 2.33. The minimum Gasteiger partial charge on any atom is -0.331 e. The quantitative estimate of drug-likeness (QED) is 0.795. The zero-order chi connectivity index (χ0) is 19.7. The molecule has 2 aromatic heterocycles. The molecule has 3 heterocycles. The molecule has 0 aromatic carbocycles. The average molecular weight is 404 g/mol. The second-order valence-electron chi connectivity index (χ2n) is 8.64. The van der Waals surface area contributed by atoms with Crippen LogP contribution in [0.3, 0.4) is 0 Å². The van der Waals surface area contributed by atoms with Gasteiger partial charge in [-0.2, -0.15) is 0 Å². The fraction of sp³-hybridized carbons (Fsp3) is 0.667. The van der Waals surface area contributed by atoms with E-state index in [0.717, 1.165) is 68.0 Å². The summed E-state index contributed by atoms with van der Waals surface area (Å²) >= 11 is 1.71. The summed E-state index contributed by atoms with van der Waals surface area (Å²) < 4.78 is 0. The van der Waals surface area contributed by atoms with E-state index < -0.39 is 0 Å². The Morgan fingerprint density at radius 3 is 2.75 bits per heavy atom. The van der Waals surface area contributed by atoms with Gasteiger partial charge in [0.1, 0.15) is 11.4 Å². The number of carbonyl (C=O) groups is 1. The predicted octanol–water partition coefficient (Wildman–Crippen LogP) is 1.53. The van der Waals surface area contributed by atoms with Crippen molar-refractivity contribution in [2.45, 2.75) is 58.9 Å². The molecule has 0 saturated carbocycles. The molecule has 0 bridgehead atoms. The van der Waals surface area contributed by atoms with Crippen molar-refractivity contribution < 1.29 is 9.69 Å². The van der Waals surface area contributed by atoms with Crippen molar-refractivity contribution >= 4 is 27.5 Å². The van der Waals surface area contributed by atoms with Gasteiger partial charge in [0.25, 0.3) is 5.56 Å². The van der Waals surface area contributed by atoms with Crippen molar-refractivity contribution in [3.8, 4) is 0 Å². The molecule has 0 radical (unpaired) electrons. The summed E-state index contributed by atoms with van der Waals surface area (Å²) in [5.74, 6) is 1.63. The molecule has 0 atom stereocenters. The fourth-order valence-electron chi connectivity index (χ4n) is 4.35. The molecule has 7 heteroatoms. The van der Waals surface area contributed by atoms with Crippen LogP contribution in [0.4, 0.5) is 0 Å². The number of aromatic nitrogens is 2. The van der Waals surface area contributed by atoms with Crippen LogP contribution in [0.1, 0.15) is 55.8 Å². The first-order valence-corrected chi connectivity index (χ1v) is 11.5. The molecule has 1 fully saturated rings. The van der Waals surface area contributed by atoms with Crippen LogP contribution < -0.4 is 10.5 Å². The number of quaternary nitrogens is 1. The fourth-order valence-corrected chi connectivity index (χ4v) is 5.63. The van der Waals surface area contributed by atoms with Gasteiger partial charge in [-0.3, -0.25) is 9.59 Å². The lowest BCUT2D eigenvalue weighted by atomic mass is 9.97. The number of piperazine rings is 1. The van der Waals surface area contributed by atoms with E-state index >= 15 is 0 Å². The number of rotatable bonds is 5. The summed E-state index contributed by atoms with van der Waals surface area (Å²) in [6, 6.07) is 0. The first kappa shape index (κ1) is 19.6. The number of thiophene rings is 1. The first-order chi connectivity index (χ1) is 13.5. The summed E-state index contributed by atoms with van der Waals surface area (Å²) in [6.45, 7) is 8.46. The van der Waals surface area contributed by atoms with Gasteiger partial charge in [0.15, 0.2) is 5.82 Å². The number of carbonyl (C=O) groups excluding carboxylic acids is 1. The Morgan fingerprint density at radius 2 is 2.00 bits per heavy atom. The van der Waals surface area contributed by atoms with Crippen LogP contribution in [0.15, 0.2) is 4.79 Å². The molecule has 28 heavy (non-hydrogen) atoms. The molecule has 0 spiro atoms. The van der Waals surface area contributed by atoms with E-state index in [0.29, 0.717) is 12.3 Å². The van der Waals surface area contributed by atoms with Crippen LogP contribution in [0.25, 0.3) is 10.2 Å². The number of hydrogen-bond acceptors (Lipinski definition) is 4. The van der Waals surface area contributed by atoms with E-state index in [9.17, 15) is 9.59 Å². The maximum absolute atomic E-state index is 12.7. The van der Waals surface area contributed by atoms with Gasteiger partial charge in [0.05, 0.1) is 31.6 Å². The van der Waals surface area contributed by atoms with Crippen molar-refractivity contribution in [2.24, 2.45) is 5.92 Å². The standard InChI is InChI=1S/C21H30N4O2S/c1-14(2)7-8-18(26)25-11-9-24(10-12-25)13-17-22-20(27)19-15-5-3-4-6-16(15)28-21(19)23-17/h14H,3-13H2,1-2H3,(H,22,23,27)/p+1. The number of aromatic amines is 1. The monoisotopic (exact) mass is 403 g/mol. The van der Waals surface area contributed by atoms with Crippen LogP contribution in [-0.4, -0.2) is 47.0 Å². The van der Waals surface area contributed by atoms with Crippen molar-refractivity contribution in [1.29, 1.82) is 0 Å². The Balaban J connectivity index is 1.40. The van der Waals surface area contributed by atoms with Crippen LogP contribution >= 0.6 is 11.3 Å². The molecule has 0 unspecified atom stereocenters. The molecule has 1 aliphatic heterocycles. The topological polar surface area (TPSA) is 70.5 Å². The van der Waals surface area contributed by atoms with Crippen molar-refractivity contribution in [3.63, 3.8) is 0 Å². The molecule has 2 aliphatic rings. The first-order valence-electron chi connectivity index (χ1n) is 10.7. The van der Waals surface area contributed by atoms with Gasteiger partial charge in [0.2, 0.25) is 5.91 Å². The van der Waals surface area contributed by atoms with E-state index in [2.05, 4.69) is 18.8 Å². The maximum Gasteiger partial charge on any atom is 0.260 e. The number of H-pyrrole nitrogens is 1. The summed E-state index contributed by atoms with van der Waals surface area (Å²) in [6.07, 6.45) is 6.10. The normalized spacial score (nSPS) is 18.0. The summed E-state index contributed by atoms with van der Waals surface area (Å²) in [5.41, 5.74) is 1.27. The number of hydrogen-bond donors (Lipinski definition) is 2. The van der Waals surface area contributed by atoms with Crippen LogP contribution in [0, 0.1) is 5.92 Å². The van der Waals surface area contributed by atoms with E-state index in [1.165, 1.54) is 28.2 Å². The molecular formula is C21H31N4O2S+. The Hall–Kier alpha value is -1.73. The van der Waals surface area contributed by atoms with E-state index in [4.69, 9.17) is 4.98 Å². The largest absolute Gasteiger partial charge is 0.331 e. The smallest absolute Gasteiger partial charge is 0.260 e. The Labute approximate surface area is 169 Å². The molecule has 4 rings (SSSR count). The minimum atomic E-state index is 0.0290. The van der Waals surface area contributed by atoms with Gasteiger partial charge in [-0.15, -0.1) is 11.3 Å². The van der Waals surface area contributed by atoms with E-state index in [1.807, 2.05) is 4.90 Å². The van der Waals surface area contributed by atoms with E-state index in [-0.39, 0.29) is 11.5 Å². The van der Waals surface area contributed by atoms with Crippen LogP contribution in [0.5, 0.6) is 0 Å². The van der Waals surface area contributed by atoms with E-state index in [1.54, 1.807) is 11.3 Å². The zero-order valence-corrected chi connectivity index (χ0v) is 17.8. The lowest BCUT2D eigenvalue weighted by Crippen LogP contribution is -3.13. The minimum absolute atomic E-state index is 0.0290. The molecule has 2 N–H and O–H groups in total. The Bertz CT molecular complexity index is 909. The lowest BCUT2D eigenvalue weighted by molar-refractivity contribution is -0.918. The number of amides is 1. The molecule has 6 nitrogen and oxygen atoms in total. The van der Waals surface area contributed by atoms with Gasteiger partial charge < -0.3 is 14.8 Å². The summed E-state index contributed by atoms with van der Waals surface area (Å²) in [4.78, 5) is 38.5. The van der Waals surface area contributed by atoms with Crippen molar-refractivity contribution in [1.82, 2.24) is 14.9 Å². The lowest BCUT2D eigenvalue weighted by Gasteiger charge is -2.32. The molecule has 2 aromatic rings. The average Bonchev–Trinajstić information content (AvgIpc) is 3.05. The third-order valence-corrected chi connectivity index (χ3v) is 7.24.